The first-order valence-electron chi connectivity index (χ1n) is 29.6. The number of pyridine rings is 5. The molecule has 18 heteroatoms. The molecular formula is C67H63N13O5. The fourth-order valence-electron chi connectivity index (χ4n) is 13.0. The van der Waals surface area contributed by atoms with Gasteiger partial charge in [0.15, 0.2) is 0 Å². The third-order valence-corrected chi connectivity index (χ3v) is 18.1. The van der Waals surface area contributed by atoms with Crippen molar-refractivity contribution in [2.75, 3.05) is 19.8 Å². The summed E-state index contributed by atoms with van der Waals surface area (Å²) < 4.78 is 18.4. The molecule has 0 unspecified atom stereocenters. The third kappa shape index (κ3) is 9.04. The van der Waals surface area contributed by atoms with E-state index in [2.05, 4.69) is 103 Å². The van der Waals surface area contributed by atoms with Crippen LogP contribution >= 0.6 is 0 Å². The minimum atomic E-state index is -0.00609. The van der Waals surface area contributed by atoms with Crippen molar-refractivity contribution in [3.05, 3.63) is 176 Å². The molecule has 10 heterocycles. The summed E-state index contributed by atoms with van der Waals surface area (Å²) in [7, 11) is 5.48. The quantitative estimate of drug-likeness (QED) is 0.145. The van der Waals surface area contributed by atoms with Gasteiger partial charge in [-0.1, -0.05) is 42.5 Å². The zero-order valence-electron chi connectivity index (χ0n) is 47.7. The van der Waals surface area contributed by atoms with Crippen LogP contribution in [0.5, 0.6) is 0 Å². The molecule has 9 aromatic heterocycles. The number of ether oxygens (including phenoxy) is 1. The summed E-state index contributed by atoms with van der Waals surface area (Å²) in [4.78, 5) is 61.9. The lowest BCUT2D eigenvalue weighted by Gasteiger charge is -2.27. The Bertz CT molecular complexity index is 4940. The van der Waals surface area contributed by atoms with Gasteiger partial charge in [0.2, 0.25) is 0 Å². The van der Waals surface area contributed by atoms with Crippen LogP contribution < -0.4 is 17.1 Å². The van der Waals surface area contributed by atoms with Gasteiger partial charge in [-0.15, -0.1) is 0 Å². The molecule has 12 aromatic rings. The Balaban J connectivity index is 0.000000108. The molecule has 0 atom stereocenters. The fraction of sp³-hybridized carbons (Fsp3) is 0.299. The smallest absolute Gasteiger partial charge is 0.329 e. The average molecular weight is 1130 g/mol. The molecule has 3 aromatic carbocycles. The van der Waals surface area contributed by atoms with Crippen molar-refractivity contribution < 1.29 is 9.84 Å². The first kappa shape index (κ1) is 52.4. The maximum atomic E-state index is 13.1. The van der Waals surface area contributed by atoms with E-state index in [1.54, 1.807) is 19.9 Å². The minimum absolute atomic E-state index is 0.00609. The van der Waals surface area contributed by atoms with Crippen LogP contribution in [0, 0.1) is 0 Å². The van der Waals surface area contributed by atoms with Crippen LogP contribution in [0.4, 0.5) is 0 Å². The highest BCUT2D eigenvalue weighted by atomic mass is 16.5. The largest absolute Gasteiger partial charge is 0.396 e. The number of allylic oxidation sites excluding steroid dienone is 2. The maximum Gasteiger partial charge on any atom is 0.329 e. The highest BCUT2D eigenvalue weighted by molar-refractivity contribution is 6.06. The summed E-state index contributed by atoms with van der Waals surface area (Å²) in [6, 6.07) is 23.9. The van der Waals surface area contributed by atoms with Gasteiger partial charge in [-0.3, -0.25) is 57.0 Å². The van der Waals surface area contributed by atoms with E-state index in [9.17, 15) is 14.4 Å². The molecule has 0 spiro atoms. The van der Waals surface area contributed by atoms with Gasteiger partial charge in [-0.05, 0) is 128 Å². The molecule has 426 valence electrons. The normalized spacial score (nSPS) is 15.7. The molecule has 1 N–H and O–H groups in total. The first-order chi connectivity index (χ1) is 41.6. The van der Waals surface area contributed by atoms with Crippen molar-refractivity contribution in [3.63, 3.8) is 0 Å². The van der Waals surface area contributed by atoms with E-state index in [4.69, 9.17) is 9.84 Å². The lowest BCUT2D eigenvalue weighted by atomic mass is 9.92. The molecule has 0 amide bonds. The number of aliphatic hydroxyl groups is 1. The number of aromatic nitrogens is 13. The Kier molecular flexibility index (Phi) is 13.0. The highest BCUT2D eigenvalue weighted by Gasteiger charge is 2.30. The molecule has 1 saturated heterocycles. The third-order valence-electron chi connectivity index (χ3n) is 18.1. The van der Waals surface area contributed by atoms with E-state index >= 15 is 0 Å². The monoisotopic (exact) mass is 1130 g/mol. The Morgan fingerprint density at radius 1 is 0.494 bits per heavy atom. The zero-order valence-corrected chi connectivity index (χ0v) is 47.7. The number of aliphatic hydroxyl groups excluding tert-OH is 1. The van der Waals surface area contributed by atoms with Crippen LogP contribution in [0.25, 0.3) is 111 Å². The summed E-state index contributed by atoms with van der Waals surface area (Å²) in [6.07, 6.45) is 31.4. The van der Waals surface area contributed by atoms with Crippen LogP contribution in [0.1, 0.15) is 92.0 Å². The number of rotatable bonds is 9. The second-order valence-electron chi connectivity index (χ2n) is 23.3. The number of aryl methyl sites for hydroxylation is 4. The molecule has 0 bridgehead atoms. The molecule has 18 nitrogen and oxygen atoms in total. The van der Waals surface area contributed by atoms with E-state index < -0.39 is 0 Å². The van der Waals surface area contributed by atoms with Crippen LogP contribution in [0.3, 0.4) is 0 Å². The first-order valence-corrected chi connectivity index (χ1v) is 29.6. The predicted octanol–water partition coefficient (Wildman–Crippen LogP) is 10.6. The molecule has 85 heavy (non-hydrogen) atoms. The Labute approximate surface area is 487 Å². The van der Waals surface area contributed by atoms with E-state index in [-0.39, 0.29) is 29.7 Å². The lowest BCUT2D eigenvalue weighted by molar-refractivity contribution is 0.0697. The number of nitrogens with zero attached hydrogens (tertiary/aromatic N) is 13. The molecule has 17 rings (SSSR count). The van der Waals surface area contributed by atoms with Crippen molar-refractivity contribution in [2.45, 2.75) is 88.9 Å². The molecule has 1 aliphatic heterocycles. The van der Waals surface area contributed by atoms with Crippen LogP contribution in [0.15, 0.2) is 137 Å². The van der Waals surface area contributed by atoms with Crippen LogP contribution in [0.2, 0.25) is 0 Å². The van der Waals surface area contributed by atoms with Gasteiger partial charge in [0, 0.05) is 130 Å². The number of hydrogen-bond acceptors (Lipinski definition) is 11. The zero-order chi connectivity index (χ0) is 57.6. The summed E-state index contributed by atoms with van der Waals surface area (Å²) in [5.41, 5.74) is 19.5. The number of fused-ring (bicyclic) bond motifs is 11. The van der Waals surface area contributed by atoms with Crippen molar-refractivity contribution in [2.24, 2.45) is 21.1 Å². The SMILES string of the molecule is Cn1c(=O)n(C2CC2)c2c3cc(-c4cnc5c(c4)C=CC5)ccc3ncc21.Cn1c(=O)n(C2CCC2)c2c3cc(-c4cnc5c(c4)C=CC5)ccc3ncc21.Cn1c(=O)n(C2CCOCC2)c2c3cc(-c4cnn(CCCO)c4)ccc3ncc21. The molecule has 0 radical (unpaired) electrons. The standard InChI is InChI=1S/C23H20N4O.C22H25N5O3.C22H18N4O/c1-26-21-13-25-20-9-8-14(16-10-15-4-2-7-19(15)24-12-16)11-18(20)22(21)27(23(26)28)17-5-3-6-17;1-25-20-13-23-19-4-3-15(16-12-24-26(14-16)7-2-8-28)11-18(19)21(20)27(22(25)29)17-5-9-30-10-6-17;1-25-20-12-24-19-8-5-13(15-9-14-3-2-4-18(14)23-11-15)10-17(19)21(20)26(22(25)27)16-6-7-16/h2,4,8-13,17H,3,5-7H2,1H3;3-4,11-14,17,28H,2,5-10H2,1H3;2-3,5,8-12,16H,4,6-7H2,1H3. The topological polar surface area (TPSA) is 193 Å². The van der Waals surface area contributed by atoms with Crippen LogP contribution in [-0.4, -0.2) is 87.0 Å². The molecule has 4 aliphatic carbocycles. The molecular weight excluding hydrogens is 1070 g/mol. The van der Waals surface area contributed by atoms with Crippen molar-refractivity contribution >= 4 is 78.0 Å². The fourth-order valence-corrected chi connectivity index (χ4v) is 13.0. The Hall–Kier alpha value is -9.39. The van der Waals surface area contributed by atoms with E-state index in [0.29, 0.717) is 38.3 Å². The van der Waals surface area contributed by atoms with Gasteiger partial charge in [-0.2, -0.15) is 5.10 Å². The van der Waals surface area contributed by atoms with Crippen molar-refractivity contribution in [1.82, 2.24) is 62.1 Å². The van der Waals surface area contributed by atoms with Gasteiger partial charge in [-0.25, -0.2) is 14.4 Å². The van der Waals surface area contributed by atoms with E-state index in [1.807, 2.05) is 94.9 Å². The maximum absolute atomic E-state index is 13.1. The van der Waals surface area contributed by atoms with Gasteiger partial charge >= 0.3 is 17.1 Å². The Morgan fingerprint density at radius 3 is 1.35 bits per heavy atom. The Morgan fingerprint density at radius 2 is 0.929 bits per heavy atom. The summed E-state index contributed by atoms with van der Waals surface area (Å²) in [6.45, 7) is 2.17. The highest BCUT2D eigenvalue weighted by Crippen LogP contribution is 2.40. The number of imidazole rings is 3. The summed E-state index contributed by atoms with van der Waals surface area (Å²) in [5, 5.41) is 16.5. The number of benzene rings is 3. The van der Waals surface area contributed by atoms with Crippen LogP contribution in [-0.2, 0) is 45.3 Å². The van der Waals surface area contributed by atoms with Gasteiger partial charge in [0.25, 0.3) is 0 Å². The second-order valence-corrected chi connectivity index (χ2v) is 23.3. The van der Waals surface area contributed by atoms with Gasteiger partial charge in [0.05, 0.1) is 85.8 Å². The van der Waals surface area contributed by atoms with E-state index in [0.717, 1.165) is 162 Å². The van der Waals surface area contributed by atoms with E-state index in [1.165, 1.54) is 17.5 Å². The average Bonchev–Trinajstić information content (AvgIpc) is 2.18. The molecule has 2 saturated carbocycles. The number of hydrogen-bond donors (Lipinski definition) is 1. The van der Waals surface area contributed by atoms with Gasteiger partial charge < -0.3 is 9.84 Å². The summed E-state index contributed by atoms with van der Waals surface area (Å²) in [5.74, 6) is 0. The predicted molar refractivity (Wildman–Crippen MR) is 333 cm³/mol. The van der Waals surface area contributed by atoms with Crippen molar-refractivity contribution in [3.8, 4) is 33.4 Å². The molecule has 5 aliphatic rings. The van der Waals surface area contributed by atoms with Crippen molar-refractivity contribution in [1.29, 1.82) is 0 Å². The second kappa shape index (κ2) is 21.0. The lowest BCUT2D eigenvalue weighted by Crippen LogP contribution is -2.29. The molecule has 3 fully saturated rings. The van der Waals surface area contributed by atoms with Gasteiger partial charge in [0.1, 0.15) is 0 Å². The summed E-state index contributed by atoms with van der Waals surface area (Å²) >= 11 is 0. The minimum Gasteiger partial charge on any atom is -0.396 e.